The molecule has 12 aromatic carbocycles. The largest absolute Gasteiger partial charge is 0.192 e. The summed E-state index contributed by atoms with van der Waals surface area (Å²) < 4.78 is 0. The number of hydrogen-bond acceptors (Lipinski definition) is 2. The molecule has 0 unspecified atom stereocenters. The van der Waals surface area contributed by atoms with Crippen LogP contribution in [0.2, 0.25) is 0 Å². The van der Waals surface area contributed by atoms with Gasteiger partial charge in [0.1, 0.15) is 0 Å². The second-order valence-corrected chi connectivity index (χ2v) is 15.5. The number of nitrogens with zero attached hydrogens (tertiary/aromatic N) is 2. The van der Waals surface area contributed by atoms with Gasteiger partial charge in [0.2, 0.25) is 0 Å². The Hall–Kier alpha value is -7.52. The summed E-state index contributed by atoms with van der Waals surface area (Å²) >= 11 is 0. The summed E-state index contributed by atoms with van der Waals surface area (Å²) in [5.41, 5.74) is 8.09. The molecule has 12 aromatic rings. The normalized spacial score (nSPS) is 12.1. The van der Waals surface area contributed by atoms with Gasteiger partial charge in [0.15, 0.2) is 0 Å². The maximum Gasteiger partial charge on any atom is 0.0991 e. The zero-order valence-electron chi connectivity index (χ0n) is 30.8. The highest BCUT2D eigenvalue weighted by molar-refractivity contribution is 6.44. The monoisotopic (exact) mass is 706 g/mol. The molecule has 0 aliphatic heterocycles. The van der Waals surface area contributed by atoms with Gasteiger partial charge in [-0.3, -0.25) is 0 Å². The van der Waals surface area contributed by atoms with Crippen molar-refractivity contribution >= 4 is 97.0 Å². The second-order valence-electron chi connectivity index (χ2n) is 15.5. The summed E-state index contributed by atoms with van der Waals surface area (Å²) in [7, 11) is 0. The second kappa shape index (κ2) is 11.0. The molecule has 0 N–H and O–H groups in total. The fourth-order valence-electron chi connectivity index (χ4n) is 10.3. The van der Waals surface area contributed by atoms with Crippen molar-refractivity contribution in [2.75, 3.05) is 0 Å². The Bertz CT molecular complexity index is 3800. The maximum atomic E-state index is 9.97. The lowest BCUT2D eigenvalue weighted by Gasteiger charge is -2.19. The van der Waals surface area contributed by atoms with E-state index in [1.807, 2.05) is 24.3 Å². The van der Waals surface area contributed by atoms with Crippen LogP contribution in [0.5, 0.6) is 0 Å². The molecule has 0 aromatic heterocycles. The van der Waals surface area contributed by atoms with E-state index in [9.17, 15) is 10.5 Å². The highest BCUT2D eigenvalue weighted by atomic mass is 14.3. The van der Waals surface area contributed by atoms with Crippen LogP contribution in [-0.4, -0.2) is 0 Å². The number of aryl methyl sites for hydroxylation is 2. The van der Waals surface area contributed by atoms with Gasteiger partial charge in [-0.2, -0.15) is 10.5 Å². The van der Waals surface area contributed by atoms with Crippen LogP contribution in [0.25, 0.3) is 119 Å². The van der Waals surface area contributed by atoms with Crippen molar-refractivity contribution in [2.24, 2.45) is 0 Å². The first-order chi connectivity index (χ1) is 27.5. The van der Waals surface area contributed by atoms with Crippen LogP contribution in [0.4, 0.5) is 0 Å². The van der Waals surface area contributed by atoms with Gasteiger partial charge in [0.05, 0.1) is 23.3 Å². The van der Waals surface area contributed by atoms with Crippen LogP contribution in [-0.2, 0) is 0 Å². The molecule has 0 heterocycles. The predicted molar refractivity (Wildman–Crippen MR) is 236 cm³/mol. The first kappa shape index (κ1) is 30.9. The third-order valence-corrected chi connectivity index (χ3v) is 12.6. The topological polar surface area (TPSA) is 47.6 Å². The summed E-state index contributed by atoms with van der Waals surface area (Å²) in [5, 5.41) is 42.2. The van der Waals surface area contributed by atoms with Gasteiger partial charge in [-0.15, -0.1) is 0 Å². The lowest BCUT2D eigenvalue weighted by Crippen LogP contribution is -1.94. The number of hydrogen-bond donors (Lipinski definition) is 0. The standard InChI is InChI=1S/C54H30N2/c1-29-21-31(27-55)17-19-35(29)51-46-25-43-41-15-7-13-39-37-11-5-3-9-33(37)23-45(49(39)41)44(43)26-47(46)52(36-20-18-32(28-56)22-30(36)2)54-48-24-34-10-4-6-12-38(34)40-14-8-16-42(50(40)48)53(51)54/h3-26H,1-2H3. The van der Waals surface area contributed by atoms with Crippen LogP contribution < -0.4 is 0 Å². The molecule has 0 bridgehead atoms. The molecule has 2 nitrogen and oxygen atoms in total. The van der Waals surface area contributed by atoms with Crippen molar-refractivity contribution in [3.05, 3.63) is 168 Å². The molecule has 0 aliphatic carbocycles. The first-order valence-electron chi connectivity index (χ1n) is 19.1. The third kappa shape index (κ3) is 3.93. The Balaban J connectivity index is 1.41. The molecule has 2 heteroatoms. The van der Waals surface area contributed by atoms with E-state index < -0.39 is 0 Å². The summed E-state index contributed by atoms with van der Waals surface area (Å²) in [6.07, 6.45) is 0. The van der Waals surface area contributed by atoms with Crippen LogP contribution >= 0.6 is 0 Å². The van der Waals surface area contributed by atoms with E-state index in [2.05, 4.69) is 147 Å². The third-order valence-electron chi connectivity index (χ3n) is 12.6. The fraction of sp³-hybridized carbons (Fsp3) is 0.0370. The van der Waals surface area contributed by atoms with Gasteiger partial charge in [-0.25, -0.2) is 0 Å². The van der Waals surface area contributed by atoms with Gasteiger partial charge in [0, 0.05) is 0 Å². The Morgan fingerprint density at radius 3 is 1.29 bits per heavy atom. The molecule has 0 saturated carbocycles. The molecule has 0 fully saturated rings. The van der Waals surface area contributed by atoms with Gasteiger partial charge in [0.25, 0.3) is 0 Å². The van der Waals surface area contributed by atoms with Crippen molar-refractivity contribution in [2.45, 2.75) is 13.8 Å². The Morgan fingerprint density at radius 2 is 0.750 bits per heavy atom. The maximum absolute atomic E-state index is 9.97. The molecule has 0 spiro atoms. The van der Waals surface area contributed by atoms with E-state index in [4.69, 9.17) is 0 Å². The Kier molecular flexibility index (Phi) is 6.08. The summed E-state index contributed by atoms with van der Waals surface area (Å²) in [4.78, 5) is 0. The van der Waals surface area contributed by atoms with E-state index in [1.54, 1.807) is 0 Å². The van der Waals surface area contributed by atoms with Gasteiger partial charge in [-0.1, -0.05) is 97.1 Å². The smallest absolute Gasteiger partial charge is 0.0991 e. The minimum atomic E-state index is 0.656. The quantitative estimate of drug-likeness (QED) is 0.168. The first-order valence-corrected chi connectivity index (χ1v) is 19.1. The predicted octanol–water partition coefficient (Wildman–Crippen LogP) is 14.6. The minimum absolute atomic E-state index is 0.656. The van der Waals surface area contributed by atoms with E-state index >= 15 is 0 Å². The van der Waals surface area contributed by atoms with E-state index in [-0.39, 0.29) is 0 Å². The van der Waals surface area contributed by atoms with Crippen molar-refractivity contribution in [3.8, 4) is 34.4 Å². The zero-order chi connectivity index (χ0) is 37.4. The van der Waals surface area contributed by atoms with Crippen molar-refractivity contribution in [1.29, 1.82) is 10.5 Å². The molecule has 0 atom stereocenters. The molecular weight excluding hydrogens is 677 g/mol. The highest BCUT2D eigenvalue weighted by Gasteiger charge is 2.27. The van der Waals surface area contributed by atoms with Crippen molar-refractivity contribution in [1.82, 2.24) is 0 Å². The number of nitriles is 2. The van der Waals surface area contributed by atoms with Crippen LogP contribution in [0.3, 0.4) is 0 Å². The summed E-state index contributed by atoms with van der Waals surface area (Å²) in [6, 6.07) is 57.7. The van der Waals surface area contributed by atoms with Crippen molar-refractivity contribution < 1.29 is 0 Å². The van der Waals surface area contributed by atoms with Gasteiger partial charge < -0.3 is 0 Å². The molecular formula is C54H30N2. The average Bonchev–Trinajstić information content (AvgIpc) is 3.72. The van der Waals surface area contributed by atoms with Gasteiger partial charge in [-0.05, 0) is 193 Å². The minimum Gasteiger partial charge on any atom is -0.192 e. The lowest BCUT2D eigenvalue weighted by atomic mass is 9.83. The molecule has 12 rings (SSSR count). The molecule has 256 valence electrons. The molecule has 0 amide bonds. The van der Waals surface area contributed by atoms with Gasteiger partial charge >= 0.3 is 0 Å². The van der Waals surface area contributed by atoms with E-state index in [0.29, 0.717) is 11.1 Å². The summed E-state index contributed by atoms with van der Waals surface area (Å²) in [5.74, 6) is 0. The number of rotatable bonds is 2. The average molecular weight is 707 g/mol. The zero-order valence-corrected chi connectivity index (χ0v) is 30.8. The molecule has 0 saturated heterocycles. The SMILES string of the molecule is Cc1cc(C#N)ccc1-c1c2cc3c(cc2c(-c2ccc(C#N)cc2C)c2c4cc5ccccc5c5cccc(c12)c54)c1cc2ccccc2c2cccc3c21. The number of benzene rings is 10. The Morgan fingerprint density at radius 1 is 0.321 bits per heavy atom. The summed E-state index contributed by atoms with van der Waals surface area (Å²) in [6.45, 7) is 4.28. The van der Waals surface area contributed by atoms with E-state index in [0.717, 1.165) is 22.3 Å². The molecule has 0 radical (unpaired) electrons. The lowest BCUT2D eigenvalue weighted by molar-refractivity contribution is 1.42. The molecule has 56 heavy (non-hydrogen) atoms. The molecule has 0 aliphatic rings. The number of fused-ring (bicyclic) bond motifs is 11. The van der Waals surface area contributed by atoms with E-state index in [1.165, 1.54) is 108 Å². The van der Waals surface area contributed by atoms with Crippen LogP contribution in [0.1, 0.15) is 22.3 Å². The Labute approximate surface area is 322 Å². The van der Waals surface area contributed by atoms with Crippen LogP contribution in [0.15, 0.2) is 146 Å². The fourth-order valence-corrected chi connectivity index (χ4v) is 10.3. The highest BCUT2D eigenvalue weighted by Crippen LogP contribution is 2.55. The van der Waals surface area contributed by atoms with Crippen LogP contribution in [0, 0.1) is 36.5 Å². The van der Waals surface area contributed by atoms with Crippen molar-refractivity contribution in [3.63, 3.8) is 0 Å².